The van der Waals surface area contributed by atoms with Crippen molar-refractivity contribution in [2.75, 3.05) is 6.54 Å². The molecule has 1 fully saturated rings. The van der Waals surface area contributed by atoms with Gasteiger partial charge in [0.15, 0.2) is 9.84 Å². The van der Waals surface area contributed by atoms with Gasteiger partial charge >= 0.3 is 0 Å². The molecule has 1 N–H and O–H groups in total. The summed E-state index contributed by atoms with van der Waals surface area (Å²) in [5.74, 6) is 0. The number of sulfone groups is 1. The smallest absolute Gasteiger partial charge is 0.182 e. The highest BCUT2D eigenvalue weighted by Crippen LogP contribution is 2.42. The van der Waals surface area contributed by atoms with Crippen LogP contribution in [0.2, 0.25) is 5.02 Å². The molecule has 1 aliphatic carbocycles. The van der Waals surface area contributed by atoms with Gasteiger partial charge in [-0.1, -0.05) is 32.4 Å². The maximum Gasteiger partial charge on any atom is 0.182 e. The number of halogens is 1. The van der Waals surface area contributed by atoms with E-state index in [1.807, 2.05) is 6.92 Å². The van der Waals surface area contributed by atoms with Crippen LogP contribution in [0.3, 0.4) is 0 Å². The van der Waals surface area contributed by atoms with E-state index in [0.717, 1.165) is 13.0 Å². The second-order valence-electron chi connectivity index (χ2n) is 6.10. The molecule has 0 amide bonds. The molecule has 5 heteroatoms. The molecule has 1 aliphatic rings. The quantitative estimate of drug-likeness (QED) is 0.927. The van der Waals surface area contributed by atoms with Crippen LogP contribution in [-0.2, 0) is 9.84 Å². The van der Waals surface area contributed by atoms with Crippen LogP contribution in [0.5, 0.6) is 0 Å². The number of rotatable bonds is 4. The first kappa shape index (κ1) is 15.8. The van der Waals surface area contributed by atoms with Crippen molar-refractivity contribution in [3.05, 3.63) is 29.3 Å². The lowest BCUT2D eigenvalue weighted by Crippen LogP contribution is -2.47. The first-order chi connectivity index (χ1) is 9.29. The van der Waals surface area contributed by atoms with Gasteiger partial charge < -0.3 is 5.32 Å². The van der Waals surface area contributed by atoms with Gasteiger partial charge in [-0.25, -0.2) is 8.42 Å². The van der Waals surface area contributed by atoms with Crippen molar-refractivity contribution in [2.24, 2.45) is 5.41 Å². The Bertz CT molecular complexity index is 566. The van der Waals surface area contributed by atoms with Gasteiger partial charge in [0.25, 0.3) is 0 Å². The molecule has 2 rings (SSSR count). The fourth-order valence-corrected chi connectivity index (χ4v) is 5.34. The molecule has 0 radical (unpaired) electrons. The maximum absolute atomic E-state index is 12.8. The zero-order valence-corrected chi connectivity index (χ0v) is 13.8. The van der Waals surface area contributed by atoms with Crippen molar-refractivity contribution < 1.29 is 8.42 Å². The van der Waals surface area contributed by atoms with Gasteiger partial charge in [0.05, 0.1) is 10.1 Å². The Morgan fingerprint density at radius 1 is 1.30 bits per heavy atom. The Morgan fingerprint density at radius 3 is 2.45 bits per heavy atom. The van der Waals surface area contributed by atoms with Gasteiger partial charge in [-0.3, -0.25) is 0 Å². The molecule has 0 saturated heterocycles. The zero-order valence-electron chi connectivity index (χ0n) is 12.2. The average Bonchev–Trinajstić information content (AvgIpc) is 2.67. The van der Waals surface area contributed by atoms with Gasteiger partial charge in [0, 0.05) is 11.1 Å². The Morgan fingerprint density at radius 2 is 1.90 bits per heavy atom. The monoisotopic (exact) mass is 315 g/mol. The second-order valence-corrected chi connectivity index (χ2v) is 8.70. The van der Waals surface area contributed by atoms with Crippen LogP contribution in [0, 0.1) is 5.41 Å². The first-order valence-corrected chi connectivity index (χ1v) is 8.94. The minimum atomic E-state index is -3.32. The highest BCUT2D eigenvalue weighted by atomic mass is 35.5. The van der Waals surface area contributed by atoms with E-state index >= 15 is 0 Å². The molecule has 0 aromatic heterocycles. The number of hydrogen-bond acceptors (Lipinski definition) is 3. The number of nitrogens with one attached hydrogen (secondary N) is 1. The summed E-state index contributed by atoms with van der Waals surface area (Å²) in [6, 6.07) is 6.47. The Hall–Kier alpha value is -0.580. The van der Waals surface area contributed by atoms with E-state index in [1.54, 1.807) is 24.3 Å². The summed E-state index contributed by atoms with van der Waals surface area (Å²) in [5.41, 5.74) is 0.000171. The van der Waals surface area contributed by atoms with E-state index in [4.69, 9.17) is 11.6 Å². The van der Waals surface area contributed by atoms with Crippen molar-refractivity contribution in [2.45, 2.75) is 49.8 Å². The summed E-state index contributed by atoms with van der Waals surface area (Å²) in [5, 5.41) is 3.56. The molecule has 2 unspecified atom stereocenters. The molecule has 1 aromatic rings. The van der Waals surface area contributed by atoms with Crippen molar-refractivity contribution in [1.82, 2.24) is 5.32 Å². The highest BCUT2D eigenvalue weighted by molar-refractivity contribution is 7.92. The third kappa shape index (κ3) is 2.87. The van der Waals surface area contributed by atoms with Crippen molar-refractivity contribution in [3.63, 3.8) is 0 Å². The van der Waals surface area contributed by atoms with E-state index in [2.05, 4.69) is 19.2 Å². The van der Waals surface area contributed by atoms with Crippen LogP contribution in [0.1, 0.15) is 33.6 Å². The SMILES string of the molecule is CCNC1C(S(=O)(=O)c2ccc(Cl)cc2)CCC1(C)C. The minimum absolute atomic E-state index is 0.000171. The third-order valence-corrected chi connectivity index (χ3v) is 6.74. The second kappa shape index (κ2) is 5.66. The van der Waals surface area contributed by atoms with Gasteiger partial charge in [0.2, 0.25) is 0 Å². The van der Waals surface area contributed by atoms with Crippen LogP contribution < -0.4 is 5.32 Å². The van der Waals surface area contributed by atoms with E-state index < -0.39 is 9.84 Å². The predicted molar refractivity (Wildman–Crippen MR) is 82.9 cm³/mol. The van der Waals surface area contributed by atoms with Gasteiger partial charge in [0.1, 0.15) is 0 Å². The standard InChI is InChI=1S/C15H22ClNO2S/c1-4-17-14-13(9-10-15(14,2)3)20(18,19)12-7-5-11(16)6-8-12/h5-8,13-14,17H,4,9-10H2,1-3H3. The molecule has 0 aliphatic heterocycles. The fraction of sp³-hybridized carbons (Fsp3) is 0.600. The Kier molecular flexibility index (Phi) is 4.47. The third-order valence-electron chi connectivity index (χ3n) is 4.25. The van der Waals surface area contributed by atoms with Crippen molar-refractivity contribution in [3.8, 4) is 0 Å². The van der Waals surface area contributed by atoms with Crippen LogP contribution in [0.15, 0.2) is 29.2 Å². The minimum Gasteiger partial charge on any atom is -0.312 e. The molecule has 1 aromatic carbocycles. The maximum atomic E-state index is 12.8. The molecule has 3 nitrogen and oxygen atoms in total. The van der Waals surface area contributed by atoms with E-state index in [0.29, 0.717) is 16.3 Å². The summed E-state index contributed by atoms with van der Waals surface area (Å²) in [7, 11) is -3.32. The summed E-state index contributed by atoms with van der Waals surface area (Å²) >= 11 is 5.84. The van der Waals surface area contributed by atoms with Gasteiger partial charge in [-0.2, -0.15) is 0 Å². The molecule has 112 valence electrons. The number of hydrogen-bond donors (Lipinski definition) is 1. The lowest BCUT2D eigenvalue weighted by Gasteiger charge is -2.31. The molecule has 20 heavy (non-hydrogen) atoms. The fourth-order valence-electron chi connectivity index (χ4n) is 3.10. The highest BCUT2D eigenvalue weighted by Gasteiger charge is 2.47. The molecular weight excluding hydrogens is 294 g/mol. The van der Waals surface area contributed by atoms with Gasteiger partial charge in [-0.15, -0.1) is 0 Å². The molecular formula is C15H22ClNO2S. The average molecular weight is 316 g/mol. The Labute approximate surface area is 126 Å². The van der Waals surface area contributed by atoms with Crippen LogP contribution in [-0.4, -0.2) is 26.3 Å². The summed E-state index contributed by atoms with van der Waals surface area (Å²) in [4.78, 5) is 0.368. The molecule has 0 bridgehead atoms. The topological polar surface area (TPSA) is 46.2 Å². The van der Waals surface area contributed by atoms with Crippen molar-refractivity contribution >= 4 is 21.4 Å². The van der Waals surface area contributed by atoms with E-state index in [-0.39, 0.29) is 16.7 Å². The molecule has 2 atom stereocenters. The van der Waals surface area contributed by atoms with E-state index in [1.165, 1.54) is 0 Å². The normalized spacial score (nSPS) is 25.8. The van der Waals surface area contributed by atoms with E-state index in [9.17, 15) is 8.42 Å². The zero-order chi connectivity index (χ0) is 15.0. The lowest BCUT2D eigenvalue weighted by atomic mass is 9.87. The summed E-state index contributed by atoms with van der Waals surface area (Å²) in [6.45, 7) is 7.07. The van der Waals surface area contributed by atoms with Crippen LogP contribution in [0.4, 0.5) is 0 Å². The summed E-state index contributed by atoms with van der Waals surface area (Å²) in [6.07, 6.45) is 1.62. The Balaban J connectivity index is 2.36. The molecule has 0 heterocycles. The van der Waals surface area contributed by atoms with Gasteiger partial charge in [-0.05, 0) is 49.1 Å². The lowest BCUT2D eigenvalue weighted by molar-refractivity contribution is 0.288. The predicted octanol–water partition coefficient (Wildman–Crippen LogP) is 3.28. The first-order valence-electron chi connectivity index (χ1n) is 7.02. The van der Waals surface area contributed by atoms with Crippen LogP contribution in [0.25, 0.3) is 0 Å². The largest absolute Gasteiger partial charge is 0.312 e. The molecule has 0 spiro atoms. The summed E-state index contributed by atoms with van der Waals surface area (Å²) < 4.78 is 25.7. The molecule has 1 saturated carbocycles. The van der Waals surface area contributed by atoms with Crippen molar-refractivity contribution in [1.29, 1.82) is 0 Å². The van der Waals surface area contributed by atoms with Crippen LogP contribution >= 0.6 is 11.6 Å². The number of benzene rings is 1.